The van der Waals surface area contributed by atoms with Gasteiger partial charge in [-0.2, -0.15) is 4.57 Å². The maximum absolute atomic E-state index is 12.2. The van der Waals surface area contributed by atoms with Gasteiger partial charge in [0, 0.05) is 17.8 Å². The number of para-hydroxylation sites is 1. The Kier molecular flexibility index (Phi) is 5.70. The lowest BCUT2D eigenvalue weighted by molar-refractivity contribution is -0.684. The molecule has 1 aromatic carbocycles. The number of rotatable bonds is 6. The van der Waals surface area contributed by atoms with Crippen LogP contribution in [-0.2, 0) is 17.8 Å². The molecule has 3 heteroatoms. The van der Waals surface area contributed by atoms with Crippen molar-refractivity contribution in [3.8, 4) is 0 Å². The van der Waals surface area contributed by atoms with Gasteiger partial charge in [-0.3, -0.25) is 4.79 Å². The van der Waals surface area contributed by atoms with Crippen molar-refractivity contribution in [1.29, 1.82) is 0 Å². The van der Waals surface area contributed by atoms with E-state index < -0.39 is 0 Å². The van der Waals surface area contributed by atoms with Crippen LogP contribution in [0.25, 0.3) is 0 Å². The summed E-state index contributed by atoms with van der Waals surface area (Å²) in [6.07, 6.45) is 6.16. The quantitative estimate of drug-likeness (QED) is 0.810. The van der Waals surface area contributed by atoms with E-state index in [9.17, 15) is 4.79 Å². The third kappa shape index (κ3) is 4.42. The first kappa shape index (κ1) is 16.2. The normalized spacial score (nSPS) is 10.7. The Morgan fingerprint density at radius 3 is 2.45 bits per heavy atom. The zero-order chi connectivity index (χ0) is 15.9. The maximum atomic E-state index is 12.2. The van der Waals surface area contributed by atoms with Gasteiger partial charge in [0.1, 0.15) is 0 Å². The molecule has 1 amide bonds. The van der Waals surface area contributed by atoms with Crippen molar-refractivity contribution in [1.82, 2.24) is 0 Å². The van der Waals surface area contributed by atoms with Crippen LogP contribution in [0.3, 0.4) is 0 Å². The van der Waals surface area contributed by atoms with Gasteiger partial charge in [0.25, 0.3) is 5.91 Å². The van der Waals surface area contributed by atoms with Gasteiger partial charge in [-0.25, -0.2) is 0 Å². The molecule has 0 aliphatic rings. The number of anilines is 1. The van der Waals surface area contributed by atoms with Crippen molar-refractivity contribution in [3.63, 3.8) is 0 Å². The Morgan fingerprint density at radius 1 is 1.14 bits per heavy atom. The second-order valence-electron chi connectivity index (χ2n) is 5.92. The Hall–Kier alpha value is -2.16. The molecule has 22 heavy (non-hydrogen) atoms. The second-order valence-corrected chi connectivity index (χ2v) is 5.92. The van der Waals surface area contributed by atoms with Crippen LogP contribution >= 0.6 is 0 Å². The molecule has 0 bridgehead atoms. The van der Waals surface area contributed by atoms with Crippen molar-refractivity contribution in [3.05, 3.63) is 59.9 Å². The molecule has 0 aliphatic heterocycles. The van der Waals surface area contributed by atoms with Gasteiger partial charge in [-0.1, -0.05) is 45.4 Å². The minimum Gasteiger partial charge on any atom is -0.320 e. The number of pyridine rings is 1. The molecule has 0 saturated carbocycles. The Labute approximate surface area is 133 Å². The van der Waals surface area contributed by atoms with Crippen molar-refractivity contribution in [2.24, 2.45) is 0 Å². The number of aromatic nitrogens is 1. The first-order valence-electron chi connectivity index (χ1n) is 7.97. The third-order valence-electron chi connectivity index (χ3n) is 3.68. The highest BCUT2D eigenvalue weighted by atomic mass is 16.1. The lowest BCUT2D eigenvalue weighted by Gasteiger charge is -2.12. The van der Waals surface area contributed by atoms with E-state index in [4.69, 9.17) is 0 Å². The number of carbonyl (C=O) groups is 1. The van der Waals surface area contributed by atoms with E-state index in [2.05, 4.69) is 44.3 Å². The Bertz CT molecular complexity index is 618. The summed E-state index contributed by atoms with van der Waals surface area (Å²) in [6.45, 7) is 6.76. The average Bonchev–Trinajstić information content (AvgIpc) is 2.50. The highest BCUT2D eigenvalue weighted by Crippen LogP contribution is 2.23. The number of carbonyl (C=O) groups excluding carboxylic acids is 1. The van der Waals surface area contributed by atoms with Crippen LogP contribution in [0.15, 0.2) is 48.8 Å². The molecule has 2 rings (SSSR count). The van der Waals surface area contributed by atoms with Gasteiger partial charge in [-0.15, -0.1) is 0 Å². The first-order valence-corrected chi connectivity index (χ1v) is 7.97. The fourth-order valence-corrected chi connectivity index (χ4v) is 2.52. The molecule has 0 saturated heterocycles. The molecular weight excluding hydrogens is 272 g/mol. The largest absolute Gasteiger partial charge is 0.320 e. The lowest BCUT2D eigenvalue weighted by Crippen LogP contribution is -2.39. The summed E-state index contributed by atoms with van der Waals surface area (Å²) in [5.41, 5.74) is 3.38. The molecule has 1 N–H and O–H groups in total. The molecule has 2 aromatic rings. The van der Waals surface area contributed by atoms with Crippen LogP contribution in [0.5, 0.6) is 0 Å². The van der Waals surface area contributed by atoms with Gasteiger partial charge in [0.15, 0.2) is 12.4 Å². The molecule has 0 unspecified atom stereocenters. The van der Waals surface area contributed by atoms with Crippen molar-refractivity contribution in [2.75, 3.05) is 5.32 Å². The van der Waals surface area contributed by atoms with Crippen LogP contribution in [-0.4, -0.2) is 5.91 Å². The monoisotopic (exact) mass is 297 g/mol. The summed E-state index contributed by atoms with van der Waals surface area (Å²) in [7, 11) is 0. The minimum atomic E-state index is 0.00124. The molecule has 3 nitrogen and oxygen atoms in total. The fraction of sp³-hybridized carbons (Fsp3) is 0.368. The molecule has 0 spiro atoms. The molecule has 1 heterocycles. The standard InChI is InChI=1S/C19H24N2O/c1-4-7-16-10-12-21(13-11-16)14-19(22)20-18-9-6-5-8-17(18)15(2)3/h5-6,8-13,15H,4,7,14H2,1-3H3/p+1. The van der Waals surface area contributed by atoms with Crippen LogP contribution < -0.4 is 9.88 Å². The van der Waals surface area contributed by atoms with E-state index in [1.807, 2.05) is 35.2 Å². The highest BCUT2D eigenvalue weighted by Gasteiger charge is 2.12. The number of hydrogen-bond donors (Lipinski definition) is 1. The smallest absolute Gasteiger partial charge is 0.290 e. The van der Waals surface area contributed by atoms with Gasteiger partial charge < -0.3 is 5.32 Å². The predicted octanol–water partition coefficient (Wildman–Crippen LogP) is 3.69. The zero-order valence-corrected chi connectivity index (χ0v) is 13.7. The van der Waals surface area contributed by atoms with E-state index in [0.717, 1.165) is 18.5 Å². The highest BCUT2D eigenvalue weighted by molar-refractivity contribution is 5.90. The Morgan fingerprint density at radius 2 is 1.82 bits per heavy atom. The number of nitrogens with zero attached hydrogens (tertiary/aromatic N) is 1. The van der Waals surface area contributed by atoms with E-state index in [0.29, 0.717) is 12.5 Å². The molecule has 0 aliphatic carbocycles. The van der Waals surface area contributed by atoms with Crippen molar-refractivity contribution < 1.29 is 9.36 Å². The van der Waals surface area contributed by atoms with Crippen molar-refractivity contribution in [2.45, 2.75) is 46.1 Å². The maximum Gasteiger partial charge on any atom is 0.290 e. The van der Waals surface area contributed by atoms with Crippen LogP contribution in [0.2, 0.25) is 0 Å². The molecule has 0 radical (unpaired) electrons. The summed E-state index contributed by atoms with van der Waals surface area (Å²) < 4.78 is 1.91. The summed E-state index contributed by atoms with van der Waals surface area (Å²) in [4.78, 5) is 12.2. The Balaban J connectivity index is 2.01. The number of aryl methyl sites for hydroxylation is 1. The van der Waals surface area contributed by atoms with Gasteiger partial charge in [-0.05, 0) is 29.5 Å². The SMILES string of the molecule is CCCc1cc[n+](CC(=O)Nc2ccccc2C(C)C)cc1. The molecule has 0 atom stereocenters. The van der Waals surface area contributed by atoms with E-state index >= 15 is 0 Å². The molecule has 0 fully saturated rings. The van der Waals surface area contributed by atoms with Crippen LogP contribution in [0.1, 0.15) is 44.2 Å². The number of hydrogen-bond acceptors (Lipinski definition) is 1. The molecule has 116 valence electrons. The number of amides is 1. The zero-order valence-electron chi connectivity index (χ0n) is 13.7. The van der Waals surface area contributed by atoms with Crippen LogP contribution in [0, 0.1) is 0 Å². The van der Waals surface area contributed by atoms with E-state index in [1.54, 1.807) is 0 Å². The van der Waals surface area contributed by atoms with E-state index in [-0.39, 0.29) is 5.91 Å². The first-order chi connectivity index (χ1) is 10.6. The molecular formula is C19H25N2O+. The predicted molar refractivity (Wildman–Crippen MR) is 89.8 cm³/mol. The summed E-state index contributed by atoms with van der Waals surface area (Å²) in [6, 6.07) is 12.1. The lowest BCUT2D eigenvalue weighted by atomic mass is 10.0. The second kappa shape index (κ2) is 7.74. The van der Waals surface area contributed by atoms with E-state index in [1.165, 1.54) is 11.1 Å². The average molecular weight is 297 g/mol. The topological polar surface area (TPSA) is 33.0 Å². The van der Waals surface area contributed by atoms with Gasteiger partial charge >= 0.3 is 0 Å². The summed E-state index contributed by atoms with van der Waals surface area (Å²) in [5, 5.41) is 3.02. The minimum absolute atomic E-state index is 0.00124. The van der Waals surface area contributed by atoms with Crippen molar-refractivity contribution >= 4 is 11.6 Å². The number of benzene rings is 1. The fourth-order valence-electron chi connectivity index (χ4n) is 2.52. The number of nitrogens with one attached hydrogen (secondary N) is 1. The summed E-state index contributed by atoms with van der Waals surface area (Å²) in [5.74, 6) is 0.388. The third-order valence-corrected chi connectivity index (χ3v) is 3.68. The van der Waals surface area contributed by atoms with Gasteiger partial charge in [0.05, 0.1) is 0 Å². The molecule has 1 aromatic heterocycles. The summed E-state index contributed by atoms with van der Waals surface area (Å²) >= 11 is 0. The van der Waals surface area contributed by atoms with Crippen LogP contribution in [0.4, 0.5) is 5.69 Å². The van der Waals surface area contributed by atoms with Gasteiger partial charge in [0.2, 0.25) is 6.54 Å².